The molecule has 238 valence electrons. The van der Waals surface area contributed by atoms with Crippen molar-refractivity contribution in [2.24, 2.45) is 11.5 Å². The molecule has 0 radical (unpaired) electrons. The van der Waals surface area contributed by atoms with Gasteiger partial charge >= 0.3 is 5.69 Å². The number of aromatic amines is 2. The zero-order valence-electron chi connectivity index (χ0n) is 24.0. The van der Waals surface area contributed by atoms with E-state index in [0.29, 0.717) is 45.9 Å². The van der Waals surface area contributed by atoms with Crippen molar-refractivity contribution in [2.45, 2.75) is 13.1 Å². The van der Waals surface area contributed by atoms with Crippen LogP contribution in [0.1, 0.15) is 11.1 Å². The Labute approximate surface area is 268 Å². The number of methoxy groups -OCH3 is 2. The Balaban J connectivity index is 0.000000328. The minimum Gasteiger partial charge on any atom is -0.493 e. The Kier molecular flexibility index (Phi) is 14.0. The summed E-state index contributed by atoms with van der Waals surface area (Å²) < 4.78 is 20.9. The van der Waals surface area contributed by atoms with Crippen LogP contribution < -0.4 is 46.7 Å². The van der Waals surface area contributed by atoms with Gasteiger partial charge in [0.25, 0.3) is 11.8 Å². The smallest absolute Gasteiger partial charge is 0.323 e. The van der Waals surface area contributed by atoms with Crippen molar-refractivity contribution in [3.63, 3.8) is 0 Å². The highest BCUT2D eigenvalue weighted by atomic mass is 35.5. The molecule has 4 aromatic rings. The number of nitrogens with two attached hydrogens (primary N) is 2. The average molecular weight is 672 g/mol. The monoisotopic (exact) mass is 670 g/mol. The van der Waals surface area contributed by atoms with Crippen LogP contribution in [0.3, 0.4) is 0 Å². The highest BCUT2D eigenvalue weighted by Crippen LogP contribution is 2.37. The number of primary amides is 2. The van der Waals surface area contributed by atoms with Crippen LogP contribution in [0.2, 0.25) is 10.0 Å². The summed E-state index contributed by atoms with van der Waals surface area (Å²) in [6.45, 7) is 0.600. The molecule has 0 aliphatic rings. The largest absolute Gasteiger partial charge is 0.493 e. The number of imidazole rings is 1. The summed E-state index contributed by atoms with van der Waals surface area (Å²) in [5, 5.41) is 6.95. The van der Waals surface area contributed by atoms with E-state index in [2.05, 4.69) is 20.6 Å². The molecule has 0 aliphatic heterocycles. The third kappa shape index (κ3) is 10.2. The van der Waals surface area contributed by atoms with E-state index < -0.39 is 11.8 Å². The van der Waals surface area contributed by atoms with Gasteiger partial charge in [-0.2, -0.15) is 0 Å². The maximum absolute atomic E-state index is 11.3. The molecule has 13 nitrogen and oxygen atoms in total. The molecule has 0 aliphatic carbocycles. The lowest BCUT2D eigenvalue weighted by atomic mass is 10.2. The fourth-order valence-electron chi connectivity index (χ4n) is 3.87. The van der Waals surface area contributed by atoms with Crippen LogP contribution >= 0.6 is 35.6 Å². The summed E-state index contributed by atoms with van der Waals surface area (Å²) in [7, 11) is 4.82. The minimum atomic E-state index is -0.605. The van der Waals surface area contributed by atoms with Crippen molar-refractivity contribution in [1.29, 1.82) is 0 Å². The van der Waals surface area contributed by atoms with E-state index in [9.17, 15) is 14.4 Å². The van der Waals surface area contributed by atoms with E-state index in [1.165, 1.54) is 14.2 Å². The number of benzene rings is 3. The van der Waals surface area contributed by atoms with Crippen molar-refractivity contribution >= 4 is 64.1 Å². The highest BCUT2D eigenvalue weighted by Gasteiger charge is 2.14. The van der Waals surface area contributed by atoms with Crippen molar-refractivity contribution in [3.05, 3.63) is 74.1 Å². The first kappa shape index (κ1) is 35.9. The van der Waals surface area contributed by atoms with Gasteiger partial charge < -0.3 is 51.0 Å². The van der Waals surface area contributed by atoms with Gasteiger partial charge in [-0.05, 0) is 60.6 Å². The predicted octanol–water partition coefficient (Wildman–Crippen LogP) is 3.35. The van der Waals surface area contributed by atoms with Crippen molar-refractivity contribution in [2.75, 3.05) is 39.8 Å². The molecule has 2 amide bonds. The Morgan fingerprint density at radius 1 is 0.795 bits per heavy atom. The summed E-state index contributed by atoms with van der Waals surface area (Å²) in [5.41, 5.74) is 13.9. The minimum absolute atomic E-state index is 0. The summed E-state index contributed by atoms with van der Waals surface area (Å²) in [5.74, 6) is 0.301. The lowest BCUT2D eigenvalue weighted by Crippen LogP contribution is -2.20. The van der Waals surface area contributed by atoms with Crippen LogP contribution in [0.4, 0.5) is 5.69 Å². The number of H-pyrrole nitrogens is 2. The number of fused-ring (bicyclic) bond motifs is 1. The Morgan fingerprint density at radius 2 is 1.30 bits per heavy atom. The van der Waals surface area contributed by atoms with Gasteiger partial charge in [-0.25, -0.2) is 4.79 Å². The Bertz CT molecular complexity index is 1640. The molecule has 1 aromatic heterocycles. The normalized spacial score (nSPS) is 10.2. The van der Waals surface area contributed by atoms with Gasteiger partial charge in [0.1, 0.15) is 0 Å². The van der Waals surface area contributed by atoms with Gasteiger partial charge in [-0.3, -0.25) is 9.59 Å². The second kappa shape index (κ2) is 17.1. The number of ether oxygens (including phenoxy) is 4. The number of anilines is 1. The van der Waals surface area contributed by atoms with E-state index in [-0.39, 0.29) is 37.1 Å². The van der Waals surface area contributed by atoms with E-state index in [1.54, 1.807) is 24.3 Å². The summed E-state index contributed by atoms with van der Waals surface area (Å²) >= 11 is 12.3. The average Bonchev–Trinajstić information content (AvgIpc) is 3.33. The number of carbonyl (C=O) groups is 2. The first-order valence-electron chi connectivity index (χ1n) is 12.7. The lowest BCUT2D eigenvalue weighted by molar-refractivity contribution is -0.120. The molecule has 0 fully saturated rings. The fourth-order valence-corrected chi connectivity index (χ4v) is 4.44. The van der Waals surface area contributed by atoms with E-state index in [0.717, 1.165) is 22.3 Å². The van der Waals surface area contributed by atoms with Crippen LogP contribution in [0.15, 0.2) is 47.3 Å². The molecule has 0 saturated heterocycles. The van der Waals surface area contributed by atoms with Gasteiger partial charge in [0, 0.05) is 18.8 Å². The number of rotatable bonds is 13. The van der Waals surface area contributed by atoms with Crippen molar-refractivity contribution < 1.29 is 28.5 Å². The summed E-state index contributed by atoms with van der Waals surface area (Å²) in [4.78, 5) is 38.3. The molecule has 3 aromatic carbocycles. The summed E-state index contributed by atoms with van der Waals surface area (Å²) in [6, 6.07) is 12.5. The zero-order valence-corrected chi connectivity index (χ0v) is 26.4. The second-order valence-corrected chi connectivity index (χ2v) is 9.77. The van der Waals surface area contributed by atoms with Crippen LogP contribution in [-0.2, 0) is 22.7 Å². The molecule has 1 heterocycles. The molecule has 8 N–H and O–H groups in total. The first-order chi connectivity index (χ1) is 20.5. The van der Waals surface area contributed by atoms with Gasteiger partial charge in [-0.1, -0.05) is 23.2 Å². The first-order valence-corrected chi connectivity index (χ1v) is 13.5. The van der Waals surface area contributed by atoms with E-state index >= 15 is 0 Å². The van der Waals surface area contributed by atoms with Crippen LogP contribution in [0.5, 0.6) is 23.0 Å². The third-order valence-electron chi connectivity index (χ3n) is 5.69. The number of halogens is 3. The Morgan fingerprint density at radius 3 is 1.77 bits per heavy atom. The van der Waals surface area contributed by atoms with Gasteiger partial charge in [0.2, 0.25) is 0 Å². The highest BCUT2D eigenvalue weighted by molar-refractivity contribution is 6.32. The van der Waals surface area contributed by atoms with E-state index in [4.69, 9.17) is 53.6 Å². The SMILES string of the molecule is CNCc1cc(Cl)c(OCC(N)=O)c(OC)c1.COc1cc(CNc2ccc3[nH]c(=O)[nH]c3c2)cc(Cl)c1OCC(N)=O.Cl. The molecule has 0 saturated carbocycles. The zero-order chi connectivity index (χ0) is 31.5. The maximum atomic E-state index is 11.3. The van der Waals surface area contributed by atoms with Crippen LogP contribution in [-0.4, -0.2) is 56.3 Å². The molecule has 0 atom stereocenters. The molecular formula is C28H33Cl3N6O7. The summed E-state index contributed by atoms with van der Waals surface area (Å²) in [6.07, 6.45) is 0. The van der Waals surface area contributed by atoms with Crippen molar-refractivity contribution in [3.8, 4) is 23.0 Å². The second-order valence-electron chi connectivity index (χ2n) is 8.95. The molecule has 0 spiro atoms. The topological polar surface area (TPSA) is 196 Å². The maximum Gasteiger partial charge on any atom is 0.323 e. The number of nitrogens with one attached hydrogen (secondary N) is 4. The number of hydrogen-bond acceptors (Lipinski definition) is 9. The van der Waals surface area contributed by atoms with Crippen molar-refractivity contribution in [1.82, 2.24) is 15.3 Å². The number of aromatic nitrogens is 2. The molecule has 44 heavy (non-hydrogen) atoms. The number of carbonyl (C=O) groups excluding carboxylic acids is 2. The third-order valence-corrected chi connectivity index (χ3v) is 6.25. The predicted molar refractivity (Wildman–Crippen MR) is 172 cm³/mol. The molecule has 0 bridgehead atoms. The van der Waals surface area contributed by atoms with Gasteiger partial charge in [-0.15, -0.1) is 12.4 Å². The van der Waals surface area contributed by atoms with Crippen LogP contribution in [0.25, 0.3) is 11.0 Å². The standard InChI is InChI=1S/C17H17ClN4O4.C11H15ClN2O3.ClH/c1-25-14-5-9(4-11(18)16(14)26-8-15(19)23)7-20-10-2-3-12-13(6-10)22-17(24)21-12;1-14-5-7-3-8(12)11(9(4-7)16-2)17-6-10(13)15;/h2-6,20H,7-8H2,1H3,(H2,19,23)(H2,21,22,24);3-4,14H,5-6H2,1-2H3,(H2,13,15);1H. The molecule has 4 rings (SSSR count). The molecule has 0 unspecified atom stereocenters. The lowest BCUT2D eigenvalue weighted by Gasteiger charge is -2.14. The molecule has 16 heteroatoms. The molecular weight excluding hydrogens is 639 g/mol. The number of hydrogen-bond donors (Lipinski definition) is 6. The van der Waals surface area contributed by atoms with E-state index in [1.807, 2.05) is 25.2 Å². The van der Waals surface area contributed by atoms with Crippen LogP contribution in [0, 0.1) is 0 Å². The quantitative estimate of drug-likeness (QED) is 0.124. The van der Waals surface area contributed by atoms with Gasteiger partial charge in [0.05, 0.1) is 35.3 Å². The van der Waals surface area contributed by atoms with Gasteiger partial charge in [0.15, 0.2) is 36.2 Å². The Hall–Kier alpha value is -4.30. The number of amides is 2. The fraction of sp³-hybridized carbons (Fsp3) is 0.250.